The number of carbonyl (C=O) groups is 3. The number of carbonyl (C=O) groups excluding carboxylic acids is 2. The summed E-state index contributed by atoms with van der Waals surface area (Å²) >= 11 is 0. The van der Waals surface area contributed by atoms with E-state index in [0.717, 1.165) is 25.7 Å². The minimum Gasteiger partial charge on any atom is -0.481 e. The van der Waals surface area contributed by atoms with Crippen molar-refractivity contribution >= 4 is 17.8 Å². The van der Waals surface area contributed by atoms with Crippen LogP contribution in [0, 0.1) is 5.92 Å². The summed E-state index contributed by atoms with van der Waals surface area (Å²) in [6.07, 6.45) is 4.65. The number of aliphatic carboxylic acids is 1. The molecular weight excluding hydrogens is 236 g/mol. The van der Waals surface area contributed by atoms with Gasteiger partial charge in [0, 0.05) is 12.8 Å². The van der Waals surface area contributed by atoms with Gasteiger partial charge in [-0.25, -0.2) is 0 Å². The summed E-state index contributed by atoms with van der Waals surface area (Å²) in [6.45, 7) is 0. The number of carboxylic acid groups (broad SMARTS) is 1. The van der Waals surface area contributed by atoms with E-state index in [1.54, 1.807) is 0 Å². The van der Waals surface area contributed by atoms with Crippen molar-refractivity contribution in [3.63, 3.8) is 0 Å². The first-order valence-electron chi connectivity index (χ1n) is 6.29. The topological polar surface area (TPSA) is 109 Å². The van der Waals surface area contributed by atoms with Crippen molar-refractivity contribution in [3.05, 3.63) is 0 Å². The van der Waals surface area contributed by atoms with Gasteiger partial charge in [0.15, 0.2) is 0 Å². The molecule has 1 saturated carbocycles. The van der Waals surface area contributed by atoms with Crippen molar-refractivity contribution in [1.82, 2.24) is 5.32 Å². The minimum atomic E-state index is -1.01. The number of carboxylic acids is 1. The molecule has 4 N–H and O–H groups in total. The average Bonchev–Trinajstić information content (AvgIpc) is 2.76. The molecule has 2 amide bonds. The van der Waals surface area contributed by atoms with Crippen molar-refractivity contribution < 1.29 is 19.5 Å². The molecule has 0 heterocycles. The first-order valence-corrected chi connectivity index (χ1v) is 6.29. The Morgan fingerprint density at radius 1 is 1.28 bits per heavy atom. The Bertz CT molecular complexity index is 324. The van der Waals surface area contributed by atoms with Crippen LogP contribution in [0.15, 0.2) is 0 Å². The SMILES string of the molecule is NC(=O)[C@@H](CCC(=O)O)NC(=O)CC1CCCC1. The highest BCUT2D eigenvalue weighted by molar-refractivity contribution is 5.87. The van der Waals surface area contributed by atoms with Crippen molar-refractivity contribution in [2.24, 2.45) is 11.7 Å². The summed E-state index contributed by atoms with van der Waals surface area (Å²) in [5.41, 5.74) is 5.13. The molecule has 0 aromatic rings. The lowest BCUT2D eigenvalue weighted by atomic mass is 10.0. The van der Waals surface area contributed by atoms with Gasteiger partial charge in [-0.1, -0.05) is 12.8 Å². The van der Waals surface area contributed by atoms with E-state index >= 15 is 0 Å². The van der Waals surface area contributed by atoms with Gasteiger partial charge in [-0.3, -0.25) is 14.4 Å². The van der Waals surface area contributed by atoms with Gasteiger partial charge in [-0.2, -0.15) is 0 Å². The fourth-order valence-electron chi connectivity index (χ4n) is 2.28. The summed E-state index contributed by atoms with van der Waals surface area (Å²) < 4.78 is 0. The van der Waals surface area contributed by atoms with Crippen LogP contribution in [0.3, 0.4) is 0 Å². The first kappa shape index (κ1) is 14.5. The lowest BCUT2D eigenvalue weighted by Crippen LogP contribution is -2.45. The minimum absolute atomic E-state index is 0.0427. The van der Waals surface area contributed by atoms with Gasteiger partial charge in [0.1, 0.15) is 6.04 Å². The van der Waals surface area contributed by atoms with Crippen molar-refractivity contribution in [1.29, 1.82) is 0 Å². The standard InChI is InChI=1S/C12H20N2O4/c13-12(18)9(5-6-11(16)17)14-10(15)7-8-3-1-2-4-8/h8-9H,1-7H2,(H2,13,18)(H,14,15)(H,16,17)/t9-/m1/s1. The van der Waals surface area contributed by atoms with Gasteiger partial charge >= 0.3 is 5.97 Å². The van der Waals surface area contributed by atoms with Crippen molar-refractivity contribution in [2.45, 2.75) is 51.0 Å². The van der Waals surface area contributed by atoms with Crippen LogP contribution in [0.25, 0.3) is 0 Å². The van der Waals surface area contributed by atoms with Gasteiger partial charge in [0.05, 0.1) is 0 Å². The maximum atomic E-state index is 11.7. The number of amides is 2. The number of hydrogen-bond acceptors (Lipinski definition) is 3. The molecule has 1 aliphatic rings. The smallest absolute Gasteiger partial charge is 0.303 e. The van der Waals surface area contributed by atoms with Gasteiger partial charge in [-0.05, 0) is 25.2 Å². The van der Waals surface area contributed by atoms with Gasteiger partial charge < -0.3 is 16.2 Å². The van der Waals surface area contributed by atoms with E-state index in [2.05, 4.69) is 5.32 Å². The molecule has 0 aromatic carbocycles. The van der Waals surface area contributed by atoms with E-state index in [0.29, 0.717) is 12.3 Å². The molecule has 0 saturated heterocycles. The summed E-state index contributed by atoms with van der Waals surface area (Å²) in [5.74, 6) is -1.52. The van der Waals surface area contributed by atoms with E-state index in [1.807, 2.05) is 0 Å². The largest absolute Gasteiger partial charge is 0.481 e. The number of hydrogen-bond donors (Lipinski definition) is 3. The summed E-state index contributed by atoms with van der Waals surface area (Å²) in [7, 11) is 0. The monoisotopic (exact) mass is 256 g/mol. The third-order valence-corrected chi connectivity index (χ3v) is 3.27. The molecule has 0 unspecified atom stereocenters. The summed E-state index contributed by atoms with van der Waals surface area (Å²) in [6, 6.07) is -0.880. The maximum Gasteiger partial charge on any atom is 0.303 e. The van der Waals surface area contributed by atoms with E-state index in [4.69, 9.17) is 10.8 Å². The van der Waals surface area contributed by atoms with Crippen LogP contribution >= 0.6 is 0 Å². The molecule has 0 bridgehead atoms. The number of rotatable bonds is 7. The van der Waals surface area contributed by atoms with Crippen LogP contribution < -0.4 is 11.1 Å². The third kappa shape index (κ3) is 5.16. The molecule has 0 aliphatic heterocycles. The predicted octanol–water partition coefficient (Wildman–Crippen LogP) is 0.402. The highest BCUT2D eigenvalue weighted by Gasteiger charge is 2.22. The molecule has 6 heteroatoms. The molecule has 6 nitrogen and oxygen atoms in total. The zero-order valence-electron chi connectivity index (χ0n) is 10.4. The Morgan fingerprint density at radius 2 is 1.89 bits per heavy atom. The molecule has 1 aliphatic carbocycles. The highest BCUT2D eigenvalue weighted by atomic mass is 16.4. The number of nitrogens with one attached hydrogen (secondary N) is 1. The van der Waals surface area contributed by atoms with Crippen LogP contribution in [-0.4, -0.2) is 28.9 Å². The van der Waals surface area contributed by atoms with E-state index < -0.39 is 17.9 Å². The first-order chi connectivity index (χ1) is 8.49. The quantitative estimate of drug-likeness (QED) is 0.612. The van der Waals surface area contributed by atoms with Crippen LogP contribution in [-0.2, 0) is 14.4 Å². The fourth-order valence-corrected chi connectivity index (χ4v) is 2.28. The summed E-state index contributed by atoms with van der Waals surface area (Å²) in [4.78, 5) is 33.2. The molecule has 0 aromatic heterocycles. The van der Waals surface area contributed by atoms with Gasteiger partial charge in [0.25, 0.3) is 0 Å². The number of nitrogens with two attached hydrogens (primary N) is 1. The van der Waals surface area contributed by atoms with Crippen molar-refractivity contribution in [2.75, 3.05) is 0 Å². The Kier molecular flexibility index (Phi) is 5.61. The third-order valence-electron chi connectivity index (χ3n) is 3.27. The Labute approximate surface area is 106 Å². The maximum absolute atomic E-state index is 11.7. The van der Waals surface area contributed by atoms with E-state index in [-0.39, 0.29) is 18.7 Å². The lowest BCUT2D eigenvalue weighted by molar-refractivity contribution is -0.137. The molecule has 0 radical (unpaired) electrons. The predicted molar refractivity (Wildman–Crippen MR) is 64.6 cm³/mol. The number of primary amides is 1. The van der Waals surface area contributed by atoms with E-state index in [9.17, 15) is 14.4 Å². The Hall–Kier alpha value is -1.59. The molecule has 1 fully saturated rings. The molecule has 102 valence electrons. The van der Waals surface area contributed by atoms with Gasteiger partial charge in [-0.15, -0.1) is 0 Å². The lowest BCUT2D eigenvalue weighted by Gasteiger charge is -2.16. The molecule has 18 heavy (non-hydrogen) atoms. The molecular formula is C12H20N2O4. The highest BCUT2D eigenvalue weighted by Crippen LogP contribution is 2.27. The Balaban J connectivity index is 2.36. The second kappa shape index (κ2) is 6.98. The van der Waals surface area contributed by atoms with Crippen LogP contribution in [0.1, 0.15) is 44.9 Å². The van der Waals surface area contributed by atoms with Crippen LogP contribution in [0.5, 0.6) is 0 Å². The Morgan fingerprint density at radius 3 is 2.39 bits per heavy atom. The molecule has 1 atom stereocenters. The van der Waals surface area contributed by atoms with Crippen LogP contribution in [0.2, 0.25) is 0 Å². The fraction of sp³-hybridized carbons (Fsp3) is 0.750. The average molecular weight is 256 g/mol. The molecule has 0 spiro atoms. The molecule has 1 rings (SSSR count). The van der Waals surface area contributed by atoms with Crippen molar-refractivity contribution in [3.8, 4) is 0 Å². The second-order valence-corrected chi connectivity index (χ2v) is 4.81. The zero-order chi connectivity index (χ0) is 13.5. The van der Waals surface area contributed by atoms with Crippen LogP contribution in [0.4, 0.5) is 0 Å². The van der Waals surface area contributed by atoms with E-state index in [1.165, 1.54) is 0 Å². The van der Waals surface area contributed by atoms with Gasteiger partial charge in [0.2, 0.25) is 11.8 Å². The second-order valence-electron chi connectivity index (χ2n) is 4.81. The normalized spacial score (nSPS) is 17.3. The zero-order valence-corrected chi connectivity index (χ0v) is 10.4. The summed E-state index contributed by atoms with van der Waals surface area (Å²) in [5, 5.41) is 11.1.